The first-order chi connectivity index (χ1) is 14.2. The highest BCUT2D eigenvalue weighted by Crippen LogP contribution is 2.44. The maximum atomic E-state index is 13.7. The van der Waals surface area contributed by atoms with E-state index in [4.69, 9.17) is 0 Å². The number of hydrogen-bond donors (Lipinski definition) is 2. The number of sulfonamides is 1. The van der Waals surface area contributed by atoms with Gasteiger partial charge in [0, 0.05) is 18.2 Å². The van der Waals surface area contributed by atoms with Crippen LogP contribution in [-0.2, 0) is 16.2 Å². The van der Waals surface area contributed by atoms with Gasteiger partial charge in [-0.25, -0.2) is 23.1 Å². The zero-order chi connectivity index (χ0) is 21.3. The standard InChI is InChI=1S/C19H22F3N5O2S/c1-2-10-7-11(26-30(28,29)12-3-4-12)8-13(10)18-25-16(19(20,21)22)15-9-24-17-14(27(15)18)5-6-23-17/h5-6,9-13,23,26H,2-4,7-8H2,1H3/t10-,11+,13-/m1/s1. The number of fused-ring (bicyclic) bond motifs is 3. The number of nitrogens with one attached hydrogen (secondary N) is 2. The predicted octanol–water partition coefficient (Wildman–Crippen LogP) is 3.58. The molecular formula is C19H22F3N5O2S. The lowest BCUT2D eigenvalue weighted by molar-refractivity contribution is -0.139. The van der Waals surface area contributed by atoms with E-state index in [1.54, 1.807) is 12.3 Å². The number of hydrogen-bond acceptors (Lipinski definition) is 4. The largest absolute Gasteiger partial charge is 0.435 e. The molecule has 2 fully saturated rings. The van der Waals surface area contributed by atoms with Crippen molar-refractivity contribution in [3.8, 4) is 0 Å². The summed E-state index contributed by atoms with van der Waals surface area (Å²) in [4.78, 5) is 11.1. The van der Waals surface area contributed by atoms with Crippen LogP contribution in [0.4, 0.5) is 13.2 Å². The first kappa shape index (κ1) is 19.8. The molecule has 0 radical (unpaired) electrons. The van der Waals surface area contributed by atoms with Crippen LogP contribution in [0, 0.1) is 5.92 Å². The fourth-order valence-electron chi connectivity index (χ4n) is 4.74. The van der Waals surface area contributed by atoms with E-state index < -0.39 is 21.9 Å². The summed E-state index contributed by atoms with van der Waals surface area (Å²) in [7, 11) is -3.37. The van der Waals surface area contributed by atoms with Crippen LogP contribution in [0.15, 0.2) is 18.5 Å². The second-order valence-corrected chi connectivity index (χ2v) is 10.3. The molecule has 30 heavy (non-hydrogen) atoms. The second kappa shape index (κ2) is 6.68. The Morgan fingerprint density at radius 1 is 1.27 bits per heavy atom. The smallest absolute Gasteiger partial charge is 0.345 e. The minimum Gasteiger partial charge on any atom is -0.345 e. The van der Waals surface area contributed by atoms with Gasteiger partial charge in [0.15, 0.2) is 11.3 Å². The van der Waals surface area contributed by atoms with Crippen molar-refractivity contribution in [2.45, 2.75) is 62.4 Å². The second-order valence-electron chi connectivity index (χ2n) is 8.31. The average Bonchev–Trinajstić information content (AvgIpc) is 3.13. The zero-order valence-electron chi connectivity index (χ0n) is 16.3. The molecule has 162 valence electrons. The highest BCUT2D eigenvalue weighted by atomic mass is 32.2. The molecule has 0 aliphatic heterocycles. The zero-order valence-corrected chi connectivity index (χ0v) is 17.1. The summed E-state index contributed by atoms with van der Waals surface area (Å²) in [5.41, 5.74) is -0.0271. The molecule has 3 heterocycles. The van der Waals surface area contributed by atoms with Crippen LogP contribution in [-0.4, -0.2) is 39.1 Å². The van der Waals surface area contributed by atoms with Crippen molar-refractivity contribution >= 4 is 26.7 Å². The molecule has 0 unspecified atom stereocenters. The molecule has 0 aromatic carbocycles. The SMILES string of the molecule is CC[C@@H]1C[C@H](NS(=O)(=O)C2CC2)C[C@H]1c1nc(C(F)(F)F)c2cnc3[nH]ccc3n12. The highest BCUT2D eigenvalue weighted by Gasteiger charge is 2.44. The highest BCUT2D eigenvalue weighted by molar-refractivity contribution is 7.90. The Hall–Kier alpha value is -2.14. The van der Waals surface area contributed by atoms with Crippen molar-refractivity contribution in [1.29, 1.82) is 0 Å². The molecule has 3 aromatic rings. The Morgan fingerprint density at radius 2 is 2.03 bits per heavy atom. The molecule has 2 saturated carbocycles. The molecule has 0 saturated heterocycles. The number of rotatable bonds is 5. The van der Waals surface area contributed by atoms with Crippen LogP contribution in [0.5, 0.6) is 0 Å². The van der Waals surface area contributed by atoms with Gasteiger partial charge in [-0.1, -0.05) is 13.3 Å². The number of aromatic nitrogens is 4. The van der Waals surface area contributed by atoms with E-state index in [1.165, 1.54) is 10.6 Å². The van der Waals surface area contributed by atoms with Crippen molar-refractivity contribution in [2.24, 2.45) is 5.92 Å². The Balaban J connectivity index is 1.60. The van der Waals surface area contributed by atoms with E-state index in [1.807, 2.05) is 6.92 Å². The minimum absolute atomic E-state index is 0.0331. The maximum Gasteiger partial charge on any atom is 0.435 e. The van der Waals surface area contributed by atoms with E-state index in [2.05, 4.69) is 19.7 Å². The number of nitrogens with zero attached hydrogens (tertiary/aromatic N) is 3. The fraction of sp³-hybridized carbons (Fsp3) is 0.579. The van der Waals surface area contributed by atoms with Crippen LogP contribution in [0.1, 0.15) is 56.5 Å². The van der Waals surface area contributed by atoms with Crippen LogP contribution in [0.25, 0.3) is 16.7 Å². The Morgan fingerprint density at radius 3 is 2.70 bits per heavy atom. The third-order valence-electron chi connectivity index (χ3n) is 6.31. The lowest BCUT2D eigenvalue weighted by atomic mass is 9.93. The monoisotopic (exact) mass is 441 g/mol. The molecule has 7 nitrogen and oxygen atoms in total. The number of imidazole rings is 1. The van der Waals surface area contributed by atoms with Crippen molar-refractivity contribution in [3.63, 3.8) is 0 Å². The molecule has 2 aliphatic carbocycles. The summed E-state index contributed by atoms with van der Waals surface area (Å²) in [6.07, 6.45) is 1.29. The van der Waals surface area contributed by atoms with Crippen molar-refractivity contribution in [3.05, 3.63) is 30.0 Å². The van der Waals surface area contributed by atoms with Crippen molar-refractivity contribution < 1.29 is 21.6 Å². The van der Waals surface area contributed by atoms with Crippen molar-refractivity contribution in [2.75, 3.05) is 0 Å². The molecule has 3 atom stereocenters. The van der Waals surface area contributed by atoms with Gasteiger partial charge in [0.2, 0.25) is 10.0 Å². The lowest BCUT2D eigenvalue weighted by Crippen LogP contribution is -2.35. The molecule has 0 spiro atoms. The summed E-state index contributed by atoms with van der Waals surface area (Å²) in [6, 6.07) is 1.39. The minimum atomic E-state index is -4.61. The summed E-state index contributed by atoms with van der Waals surface area (Å²) in [5.74, 6) is 0.0704. The van der Waals surface area contributed by atoms with Crippen molar-refractivity contribution in [1.82, 2.24) is 24.1 Å². The van der Waals surface area contributed by atoms with E-state index in [0.717, 1.165) is 6.42 Å². The van der Waals surface area contributed by atoms with Gasteiger partial charge in [0.25, 0.3) is 0 Å². The number of H-pyrrole nitrogens is 1. The first-order valence-corrected chi connectivity index (χ1v) is 11.7. The summed E-state index contributed by atoms with van der Waals surface area (Å²) in [6.45, 7) is 1.98. The van der Waals surface area contributed by atoms with Crippen LogP contribution in [0.3, 0.4) is 0 Å². The van der Waals surface area contributed by atoms with Gasteiger partial charge >= 0.3 is 6.18 Å². The van der Waals surface area contributed by atoms with Gasteiger partial charge in [0.1, 0.15) is 5.82 Å². The van der Waals surface area contributed by atoms with Gasteiger partial charge < -0.3 is 4.98 Å². The Kier molecular flexibility index (Phi) is 4.41. The van der Waals surface area contributed by atoms with Gasteiger partial charge in [-0.15, -0.1) is 0 Å². The van der Waals surface area contributed by atoms with Crippen LogP contribution in [0.2, 0.25) is 0 Å². The molecule has 11 heteroatoms. The van der Waals surface area contributed by atoms with Gasteiger partial charge in [-0.2, -0.15) is 13.2 Å². The predicted molar refractivity (Wildman–Crippen MR) is 104 cm³/mol. The van der Waals surface area contributed by atoms with Crippen LogP contribution >= 0.6 is 0 Å². The molecule has 2 N–H and O–H groups in total. The van der Waals surface area contributed by atoms with E-state index in [-0.39, 0.29) is 28.6 Å². The quantitative estimate of drug-likeness (QED) is 0.633. The van der Waals surface area contributed by atoms with Gasteiger partial charge in [0.05, 0.1) is 22.5 Å². The molecule has 0 amide bonds. The summed E-state index contributed by atoms with van der Waals surface area (Å²) >= 11 is 0. The molecule has 0 bridgehead atoms. The third-order valence-corrected chi connectivity index (χ3v) is 8.32. The fourth-order valence-corrected chi connectivity index (χ4v) is 6.34. The topological polar surface area (TPSA) is 92.2 Å². The lowest BCUT2D eigenvalue weighted by Gasteiger charge is -2.17. The Bertz CT molecular complexity index is 1210. The molecular weight excluding hydrogens is 419 g/mol. The third kappa shape index (κ3) is 3.18. The number of alkyl halides is 3. The molecule has 3 aromatic heterocycles. The first-order valence-electron chi connectivity index (χ1n) is 10.1. The van der Waals surface area contributed by atoms with E-state index >= 15 is 0 Å². The normalized spacial score (nSPS) is 25.5. The molecule has 5 rings (SSSR count). The maximum absolute atomic E-state index is 13.7. The van der Waals surface area contributed by atoms with Gasteiger partial charge in [-0.05, 0) is 37.7 Å². The summed E-state index contributed by atoms with van der Waals surface area (Å²) < 4.78 is 70.2. The summed E-state index contributed by atoms with van der Waals surface area (Å²) in [5, 5.41) is -0.328. The molecule has 2 aliphatic rings. The number of aromatic amines is 1. The van der Waals surface area contributed by atoms with Gasteiger partial charge in [-0.3, -0.25) is 4.40 Å². The Labute approximate surface area is 171 Å². The number of halogens is 3. The van der Waals surface area contributed by atoms with E-state index in [0.29, 0.717) is 42.7 Å². The average molecular weight is 441 g/mol. The van der Waals surface area contributed by atoms with E-state index in [9.17, 15) is 21.6 Å². The van der Waals surface area contributed by atoms with Crippen LogP contribution < -0.4 is 4.72 Å².